The van der Waals surface area contributed by atoms with Crippen molar-refractivity contribution in [1.29, 1.82) is 0 Å². The minimum Gasteiger partial charge on any atom is -0.467 e. The maximum Gasteiger partial charge on any atom is 0.254 e. The number of carbonyl (C=O) groups excluding carboxylic acids is 1. The smallest absolute Gasteiger partial charge is 0.254 e. The van der Waals surface area contributed by atoms with E-state index in [1.165, 1.54) is 0 Å². The topological polar surface area (TPSA) is 67.4 Å². The first-order valence-corrected chi connectivity index (χ1v) is 11.5. The van der Waals surface area contributed by atoms with Crippen LogP contribution in [-0.2, 0) is 13.1 Å². The first-order chi connectivity index (χ1) is 17.0. The Balaban J connectivity index is 1.52. The SMILES string of the molecule is CN(Cc1ccc(N(C)C)cc1)C(=O)c1cc(-c2ccccc2)nc2c1cnn2Cc1ccco1. The van der Waals surface area contributed by atoms with Crippen LogP contribution in [0.2, 0.25) is 0 Å². The Morgan fingerprint density at radius 2 is 1.74 bits per heavy atom. The number of aromatic nitrogens is 3. The number of rotatable bonds is 7. The van der Waals surface area contributed by atoms with E-state index in [1.807, 2.05) is 69.7 Å². The average molecular weight is 466 g/mol. The van der Waals surface area contributed by atoms with Crippen LogP contribution in [0.5, 0.6) is 0 Å². The first kappa shape index (κ1) is 22.4. The van der Waals surface area contributed by atoms with Crippen LogP contribution in [0, 0.1) is 0 Å². The number of fused-ring (bicyclic) bond motifs is 1. The van der Waals surface area contributed by atoms with Gasteiger partial charge in [0, 0.05) is 38.9 Å². The summed E-state index contributed by atoms with van der Waals surface area (Å²) >= 11 is 0. The van der Waals surface area contributed by atoms with E-state index in [0.717, 1.165) is 33.7 Å². The lowest BCUT2D eigenvalue weighted by Gasteiger charge is -2.19. The Hall–Kier alpha value is -4.39. The van der Waals surface area contributed by atoms with Gasteiger partial charge < -0.3 is 14.2 Å². The van der Waals surface area contributed by atoms with Crippen LogP contribution in [0.4, 0.5) is 5.69 Å². The fourth-order valence-corrected chi connectivity index (χ4v) is 4.10. The number of anilines is 1. The van der Waals surface area contributed by atoms with Crippen LogP contribution in [0.25, 0.3) is 22.3 Å². The molecule has 3 heterocycles. The number of hydrogen-bond acceptors (Lipinski definition) is 5. The third-order valence-corrected chi connectivity index (χ3v) is 6.01. The van der Waals surface area contributed by atoms with E-state index >= 15 is 0 Å². The normalized spacial score (nSPS) is 11.1. The summed E-state index contributed by atoms with van der Waals surface area (Å²) < 4.78 is 7.28. The van der Waals surface area contributed by atoms with Crippen LogP contribution >= 0.6 is 0 Å². The molecule has 3 aromatic heterocycles. The number of amides is 1. The molecule has 0 atom stereocenters. The number of pyridine rings is 1. The lowest BCUT2D eigenvalue weighted by Crippen LogP contribution is -2.26. The number of carbonyl (C=O) groups is 1. The van der Waals surface area contributed by atoms with Crippen LogP contribution in [0.15, 0.2) is 89.7 Å². The monoisotopic (exact) mass is 465 g/mol. The number of benzene rings is 2. The second-order valence-electron chi connectivity index (χ2n) is 8.76. The molecule has 1 amide bonds. The molecule has 0 fully saturated rings. The van der Waals surface area contributed by atoms with Gasteiger partial charge in [-0.3, -0.25) is 4.79 Å². The van der Waals surface area contributed by atoms with Crippen molar-refractivity contribution in [2.45, 2.75) is 13.1 Å². The molecule has 0 saturated carbocycles. The summed E-state index contributed by atoms with van der Waals surface area (Å²) in [6, 6.07) is 23.7. The van der Waals surface area contributed by atoms with Crippen LogP contribution in [0.1, 0.15) is 21.7 Å². The molecule has 0 radical (unpaired) electrons. The van der Waals surface area contributed by atoms with Gasteiger partial charge in [-0.15, -0.1) is 0 Å². The molecule has 5 aromatic rings. The number of nitrogens with zero attached hydrogens (tertiary/aromatic N) is 5. The van der Waals surface area contributed by atoms with Crippen molar-refractivity contribution < 1.29 is 9.21 Å². The van der Waals surface area contributed by atoms with Gasteiger partial charge in [0.1, 0.15) is 12.3 Å². The summed E-state index contributed by atoms with van der Waals surface area (Å²) in [5.74, 6) is 0.692. The zero-order chi connectivity index (χ0) is 24.4. The van der Waals surface area contributed by atoms with Gasteiger partial charge in [-0.1, -0.05) is 42.5 Å². The molecule has 176 valence electrons. The van der Waals surface area contributed by atoms with Crippen molar-refractivity contribution in [3.05, 3.63) is 102 Å². The highest BCUT2D eigenvalue weighted by atomic mass is 16.3. The fourth-order valence-electron chi connectivity index (χ4n) is 4.10. The molecule has 0 bridgehead atoms. The standard InChI is InChI=1S/C28H27N5O2/c1-31(2)22-13-11-20(12-14-22)18-32(3)28(34)24-16-26(21-8-5-4-6-9-21)30-27-25(24)17-29-33(27)19-23-10-7-15-35-23/h4-17H,18-19H2,1-3H3. The summed E-state index contributed by atoms with van der Waals surface area (Å²) in [5, 5.41) is 5.25. The summed E-state index contributed by atoms with van der Waals surface area (Å²) in [5.41, 5.74) is 5.08. The molecule has 0 N–H and O–H groups in total. The van der Waals surface area contributed by atoms with E-state index in [9.17, 15) is 4.79 Å². The molecular weight excluding hydrogens is 438 g/mol. The minimum atomic E-state index is -0.0798. The fraction of sp³-hybridized carbons (Fsp3) is 0.179. The molecule has 0 spiro atoms. The molecule has 7 heteroatoms. The van der Waals surface area contributed by atoms with Crippen molar-refractivity contribution in [2.24, 2.45) is 0 Å². The summed E-state index contributed by atoms with van der Waals surface area (Å²) in [6.45, 7) is 0.932. The van der Waals surface area contributed by atoms with Gasteiger partial charge in [0.05, 0.1) is 29.1 Å². The summed E-state index contributed by atoms with van der Waals surface area (Å²) in [7, 11) is 5.84. The molecule has 0 aliphatic carbocycles. The molecule has 0 aliphatic rings. The highest BCUT2D eigenvalue weighted by molar-refractivity contribution is 6.06. The van der Waals surface area contributed by atoms with Crippen LogP contribution < -0.4 is 4.90 Å². The summed E-state index contributed by atoms with van der Waals surface area (Å²) in [4.78, 5) is 22.4. The zero-order valence-corrected chi connectivity index (χ0v) is 20.0. The van der Waals surface area contributed by atoms with E-state index in [4.69, 9.17) is 9.40 Å². The predicted molar refractivity (Wildman–Crippen MR) is 137 cm³/mol. The second-order valence-corrected chi connectivity index (χ2v) is 8.76. The van der Waals surface area contributed by atoms with E-state index in [0.29, 0.717) is 24.3 Å². The van der Waals surface area contributed by atoms with Gasteiger partial charge in [-0.05, 0) is 35.9 Å². The predicted octanol–water partition coefficient (Wildman–Crippen LogP) is 5.08. The zero-order valence-electron chi connectivity index (χ0n) is 20.0. The van der Waals surface area contributed by atoms with Crippen molar-refractivity contribution in [2.75, 3.05) is 26.0 Å². The average Bonchev–Trinajstić information content (AvgIpc) is 3.54. The Morgan fingerprint density at radius 3 is 2.43 bits per heavy atom. The quantitative estimate of drug-likeness (QED) is 0.335. The lowest BCUT2D eigenvalue weighted by atomic mass is 10.1. The highest BCUT2D eigenvalue weighted by Gasteiger charge is 2.21. The van der Waals surface area contributed by atoms with Crippen LogP contribution in [-0.4, -0.2) is 46.7 Å². The summed E-state index contributed by atoms with van der Waals surface area (Å²) in [6.07, 6.45) is 3.35. The highest BCUT2D eigenvalue weighted by Crippen LogP contribution is 2.27. The van der Waals surface area contributed by atoms with Crippen molar-refractivity contribution in [3.8, 4) is 11.3 Å². The third-order valence-electron chi connectivity index (χ3n) is 6.01. The van der Waals surface area contributed by atoms with Gasteiger partial charge in [0.15, 0.2) is 5.65 Å². The molecule has 0 aliphatic heterocycles. The van der Waals surface area contributed by atoms with Crippen LogP contribution in [0.3, 0.4) is 0 Å². The second kappa shape index (κ2) is 9.46. The van der Waals surface area contributed by atoms with Gasteiger partial charge in [-0.2, -0.15) is 5.10 Å². The van der Waals surface area contributed by atoms with Gasteiger partial charge >= 0.3 is 0 Å². The molecular formula is C28H27N5O2. The van der Waals surface area contributed by atoms with Crippen molar-refractivity contribution >= 4 is 22.6 Å². The molecule has 2 aromatic carbocycles. The maximum absolute atomic E-state index is 13.7. The Morgan fingerprint density at radius 1 is 0.971 bits per heavy atom. The Labute approximate surface area is 204 Å². The van der Waals surface area contributed by atoms with Gasteiger partial charge in [-0.25, -0.2) is 9.67 Å². The van der Waals surface area contributed by atoms with E-state index < -0.39 is 0 Å². The molecule has 35 heavy (non-hydrogen) atoms. The lowest BCUT2D eigenvalue weighted by molar-refractivity contribution is 0.0787. The number of furan rings is 1. The minimum absolute atomic E-state index is 0.0798. The maximum atomic E-state index is 13.7. The first-order valence-electron chi connectivity index (χ1n) is 11.5. The van der Waals surface area contributed by atoms with Crippen molar-refractivity contribution in [1.82, 2.24) is 19.7 Å². The van der Waals surface area contributed by atoms with E-state index in [2.05, 4.69) is 34.3 Å². The molecule has 0 unspecified atom stereocenters. The number of hydrogen-bond donors (Lipinski definition) is 0. The van der Waals surface area contributed by atoms with Gasteiger partial charge in [0.2, 0.25) is 0 Å². The molecule has 0 saturated heterocycles. The van der Waals surface area contributed by atoms with Gasteiger partial charge in [0.25, 0.3) is 5.91 Å². The Bertz CT molecular complexity index is 1440. The largest absolute Gasteiger partial charge is 0.467 e. The third kappa shape index (κ3) is 4.66. The molecule has 7 nitrogen and oxygen atoms in total. The van der Waals surface area contributed by atoms with Crippen molar-refractivity contribution in [3.63, 3.8) is 0 Å². The molecule has 5 rings (SSSR count). The van der Waals surface area contributed by atoms with E-state index in [1.54, 1.807) is 22.0 Å². The Kier molecular flexibility index (Phi) is 6.06. The van der Waals surface area contributed by atoms with E-state index in [-0.39, 0.29) is 5.91 Å².